The molecular weight excluding hydrogens is 540 g/mol. The van der Waals surface area contributed by atoms with Gasteiger partial charge in [-0.1, -0.05) is 154 Å². The van der Waals surface area contributed by atoms with E-state index in [9.17, 15) is 4.79 Å². The molecule has 0 atom stereocenters. The molecule has 0 N–H and O–H groups in total. The third-order valence-electron chi connectivity index (χ3n) is 6.34. The Balaban J connectivity index is -0.000000234. The summed E-state index contributed by atoms with van der Waals surface area (Å²) in [6.07, 6.45) is 20.5. The van der Waals surface area contributed by atoms with Crippen LogP contribution in [0.2, 0.25) is 5.02 Å². The van der Waals surface area contributed by atoms with Gasteiger partial charge in [-0.3, -0.25) is 0 Å². The van der Waals surface area contributed by atoms with Gasteiger partial charge in [0.05, 0.1) is 0 Å². The Hall–Kier alpha value is -1.51. The second kappa shape index (κ2) is 34.7. The number of hydrogen-bond donors (Lipinski definition) is 0. The highest BCUT2D eigenvalue weighted by Crippen LogP contribution is 2.30. The average molecular weight is 607 g/mol. The van der Waals surface area contributed by atoms with Gasteiger partial charge in [-0.05, 0) is 80.4 Å². The second-order valence-electron chi connectivity index (χ2n) is 10.3. The van der Waals surface area contributed by atoms with Crippen LogP contribution in [0.25, 0.3) is 0 Å². The Morgan fingerprint density at radius 2 is 1.20 bits per heavy atom. The van der Waals surface area contributed by atoms with Crippen molar-refractivity contribution in [1.82, 2.24) is 0 Å². The zero-order chi connectivity index (χ0) is 32.6. The highest BCUT2D eigenvalue weighted by atomic mass is 35.5. The lowest BCUT2D eigenvalue weighted by molar-refractivity contribution is -0.116. The summed E-state index contributed by atoms with van der Waals surface area (Å²) in [4.78, 5) is 10.7. The SMILES string of the molecule is C=C/C=C(/C)C(=C)C(=C)C.CC.CC(=O)CCc1ccc(Cl)cc1.CCCC(CCC)C(CCC)CCC.CSC. The first-order valence-electron chi connectivity index (χ1n) is 15.8. The fraction of sp³-hybridized carbons (Fsp3) is 0.605. The van der Waals surface area contributed by atoms with E-state index in [1.165, 1.54) is 51.4 Å². The minimum absolute atomic E-state index is 0.227. The monoisotopic (exact) mass is 606 g/mol. The fourth-order valence-electron chi connectivity index (χ4n) is 4.30. The van der Waals surface area contributed by atoms with Gasteiger partial charge in [0.15, 0.2) is 0 Å². The molecule has 0 aliphatic heterocycles. The molecule has 1 rings (SSSR count). The molecule has 0 aliphatic rings. The maximum absolute atomic E-state index is 10.7. The number of ketones is 1. The van der Waals surface area contributed by atoms with Crippen molar-refractivity contribution in [3.8, 4) is 0 Å². The zero-order valence-electron chi connectivity index (χ0n) is 29.0. The number of hydrogen-bond acceptors (Lipinski definition) is 2. The van der Waals surface area contributed by atoms with E-state index in [0.717, 1.165) is 45.6 Å². The Bertz CT molecular complexity index is 765. The smallest absolute Gasteiger partial charge is 0.130 e. The van der Waals surface area contributed by atoms with E-state index in [0.29, 0.717) is 6.42 Å². The van der Waals surface area contributed by atoms with E-state index in [4.69, 9.17) is 11.6 Å². The van der Waals surface area contributed by atoms with E-state index in [2.05, 4.69) is 47.4 Å². The molecule has 1 aromatic carbocycles. The van der Waals surface area contributed by atoms with Gasteiger partial charge < -0.3 is 4.79 Å². The van der Waals surface area contributed by atoms with Gasteiger partial charge in [0.25, 0.3) is 0 Å². The summed E-state index contributed by atoms with van der Waals surface area (Å²) in [6, 6.07) is 7.59. The number of rotatable bonds is 15. The largest absolute Gasteiger partial charge is 0.300 e. The Kier molecular flexibility index (Phi) is 39.3. The summed E-state index contributed by atoms with van der Waals surface area (Å²) in [6.45, 7) is 30.1. The van der Waals surface area contributed by atoms with Crippen LogP contribution in [0, 0.1) is 11.8 Å². The first-order valence-corrected chi connectivity index (χ1v) is 17.8. The Labute approximate surface area is 267 Å². The van der Waals surface area contributed by atoms with Gasteiger partial charge in [-0.15, -0.1) is 0 Å². The number of carbonyl (C=O) groups excluding carboxylic acids is 1. The quantitative estimate of drug-likeness (QED) is 0.185. The maximum atomic E-state index is 10.7. The van der Waals surface area contributed by atoms with Gasteiger partial charge in [-0.25, -0.2) is 0 Å². The zero-order valence-corrected chi connectivity index (χ0v) is 30.6. The lowest BCUT2D eigenvalue weighted by Gasteiger charge is -2.26. The molecule has 0 spiro atoms. The molecule has 1 aromatic rings. The van der Waals surface area contributed by atoms with E-state index >= 15 is 0 Å². The van der Waals surface area contributed by atoms with Crippen LogP contribution in [0.1, 0.15) is 126 Å². The molecule has 0 aromatic heterocycles. The molecule has 3 heteroatoms. The number of thioether (sulfide) groups is 1. The molecule has 41 heavy (non-hydrogen) atoms. The average Bonchev–Trinajstić information content (AvgIpc) is 2.94. The first kappa shape index (κ1) is 46.4. The topological polar surface area (TPSA) is 17.1 Å². The van der Waals surface area contributed by atoms with Crippen LogP contribution in [0.4, 0.5) is 0 Å². The Morgan fingerprint density at radius 3 is 1.46 bits per heavy atom. The van der Waals surface area contributed by atoms with Crippen LogP contribution in [-0.2, 0) is 11.2 Å². The van der Waals surface area contributed by atoms with Crippen LogP contribution in [0.3, 0.4) is 0 Å². The van der Waals surface area contributed by atoms with Gasteiger partial charge in [0.1, 0.15) is 5.78 Å². The molecule has 0 aliphatic carbocycles. The van der Waals surface area contributed by atoms with E-state index in [1.807, 2.05) is 70.5 Å². The van der Waals surface area contributed by atoms with Gasteiger partial charge in [0.2, 0.25) is 0 Å². The third-order valence-corrected chi connectivity index (χ3v) is 6.59. The number of benzene rings is 1. The predicted octanol–water partition coefficient (Wildman–Crippen LogP) is 13.5. The molecule has 0 saturated carbocycles. The van der Waals surface area contributed by atoms with Crippen LogP contribution in [-0.4, -0.2) is 18.3 Å². The minimum atomic E-state index is 0.227. The van der Waals surface area contributed by atoms with Crippen LogP contribution < -0.4 is 0 Å². The molecule has 238 valence electrons. The molecule has 0 radical (unpaired) electrons. The van der Waals surface area contributed by atoms with Gasteiger partial charge >= 0.3 is 0 Å². The standard InChI is InChI=1S/C14H30.C10H11ClO.C10H14.C2H6S.C2H6/c1-5-9-13(10-6-2)14(11-7-3)12-8-4;1-8(12)2-3-9-4-6-10(11)7-5-9;1-6-7-9(4)10(5)8(2)3;1-3-2;1-2/h13-14H,5-12H2,1-4H3;4-7H,2-3H2,1H3;6-7H,1-2,5H2,3-4H3;1-2H3;1-2H3/b;;9-7-;;. The second-order valence-corrected chi connectivity index (χ2v) is 11.5. The van der Waals surface area contributed by atoms with Crippen molar-refractivity contribution in [2.75, 3.05) is 12.5 Å². The van der Waals surface area contributed by atoms with Gasteiger partial charge in [0, 0.05) is 11.4 Å². The lowest BCUT2D eigenvalue weighted by atomic mass is 9.80. The van der Waals surface area contributed by atoms with Crippen molar-refractivity contribution in [1.29, 1.82) is 0 Å². The number of Topliss-reactive ketones (excluding diaryl/α,β-unsaturated/α-hetero) is 1. The Morgan fingerprint density at radius 1 is 0.829 bits per heavy atom. The lowest BCUT2D eigenvalue weighted by Crippen LogP contribution is -2.14. The minimum Gasteiger partial charge on any atom is -0.300 e. The van der Waals surface area contributed by atoms with Crippen molar-refractivity contribution in [3.63, 3.8) is 0 Å². The van der Waals surface area contributed by atoms with E-state index < -0.39 is 0 Å². The highest BCUT2D eigenvalue weighted by molar-refractivity contribution is 7.97. The summed E-state index contributed by atoms with van der Waals surface area (Å²) < 4.78 is 0. The third kappa shape index (κ3) is 31.3. The van der Waals surface area contributed by atoms with Crippen molar-refractivity contribution in [3.05, 3.63) is 83.5 Å². The van der Waals surface area contributed by atoms with E-state index in [-0.39, 0.29) is 5.78 Å². The van der Waals surface area contributed by atoms with Gasteiger partial charge in [-0.2, -0.15) is 11.8 Å². The molecule has 0 fully saturated rings. The van der Waals surface area contributed by atoms with Crippen molar-refractivity contribution >= 4 is 29.1 Å². The number of allylic oxidation sites excluding steroid dienone is 5. The molecule has 0 bridgehead atoms. The van der Waals surface area contributed by atoms with Crippen molar-refractivity contribution < 1.29 is 4.79 Å². The summed E-state index contributed by atoms with van der Waals surface area (Å²) in [7, 11) is 0. The van der Waals surface area contributed by atoms with Crippen molar-refractivity contribution in [2.45, 2.75) is 127 Å². The molecule has 0 heterocycles. The summed E-state index contributed by atoms with van der Waals surface area (Å²) >= 11 is 7.46. The first-order chi connectivity index (χ1) is 19.5. The molecule has 0 amide bonds. The van der Waals surface area contributed by atoms with Crippen LogP contribution in [0.5, 0.6) is 0 Å². The molecular formula is C38H67ClOS. The van der Waals surface area contributed by atoms with Crippen molar-refractivity contribution in [2.24, 2.45) is 11.8 Å². The molecule has 1 nitrogen and oxygen atoms in total. The normalized spacial score (nSPS) is 10.0. The van der Waals surface area contributed by atoms with Crippen LogP contribution >= 0.6 is 23.4 Å². The fourth-order valence-corrected chi connectivity index (χ4v) is 4.43. The summed E-state index contributed by atoms with van der Waals surface area (Å²) in [5.74, 6) is 2.26. The number of aryl methyl sites for hydroxylation is 1. The maximum Gasteiger partial charge on any atom is 0.130 e. The van der Waals surface area contributed by atoms with Crippen LogP contribution in [0.15, 0.2) is 72.9 Å². The summed E-state index contributed by atoms with van der Waals surface area (Å²) in [5, 5.41) is 0.738. The molecule has 0 saturated heterocycles. The number of halogens is 1. The molecule has 0 unspecified atom stereocenters. The van der Waals surface area contributed by atoms with E-state index in [1.54, 1.807) is 24.8 Å². The highest BCUT2D eigenvalue weighted by Gasteiger charge is 2.18. The summed E-state index contributed by atoms with van der Waals surface area (Å²) in [5.41, 5.74) is 4.30. The predicted molar refractivity (Wildman–Crippen MR) is 196 cm³/mol. The number of carbonyl (C=O) groups is 1.